The molecule has 12 nitrogen and oxygen atoms in total. The molecule has 0 radical (unpaired) electrons. The Morgan fingerprint density at radius 2 is 2.24 bits per heavy atom. The number of amidine groups is 1. The maximum atomic E-state index is 12.1. The molecule has 0 bridgehead atoms. The summed E-state index contributed by atoms with van der Waals surface area (Å²) < 4.78 is 10.9. The van der Waals surface area contributed by atoms with Crippen LogP contribution in [-0.2, 0) is 9.36 Å². The van der Waals surface area contributed by atoms with Gasteiger partial charge in [-0.1, -0.05) is 5.10 Å². The number of carbonyl (C=O) groups is 1. The maximum absolute atomic E-state index is 12.1. The number of thioether (sulfide) groups is 1. The zero-order chi connectivity index (χ0) is 18.3. The van der Waals surface area contributed by atoms with E-state index in [1.165, 1.54) is 35.5 Å². The zero-order valence-corrected chi connectivity index (χ0v) is 18.0. The number of hydrogen-bond acceptors (Lipinski definition) is 9. The van der Waals surface area contributed by atoms with Gasteiger partial charge in [0.1, 0.15) is 0 Å². The van der Waals surface area contributed by atoms with E-state index in [-0.39, 0.29) is 53.8 Å². The molecule has 1 aromatic heterocycles. The molecule has 136 valence electrons. The van der Waals surface area contributed by atoms with Crippen molar-refractivity contribution < 1.29 is 48.7 Å². The van der Waals surface area contributed by atoms with Crippen LogP contribution in [0.15, 0.2) is 0 Å². The number of nitrogens with one attached hydrogen (secondary N) is 2. The summed E-state index contributed by atoms with van der Waals surface area (Å²) in [4.78, 5) is 34.3. The largest absolute Gasteiger partial charge is 1.00 e. The Hall–Kier alpha value is -0.530. The van der Waals surface area contributed by atoms with Crippen LogP contribution in [0, 0.1) is 5.41 Å². The number of rotatable bonds is 9. The van der Waals surface area contributed by atoms with Crippen molar-refractivity contribution in [3.05, 3.63) is 0 Å². The van der Waals surface area contributed by atoms with E-state index < -0.39 is 19.9 Å². The van der Waals surface area contributed by atoms with Crippen molar-refractivity contribution in [2.24, 2.45) is 5.73 Å². The van der Waals surface area contributed by atoms with E-state index in [1.807, 2.05) is 0 Å². The average Bonchev–Trinajstić information content (AvgIpc) is 3.01. The molecule has 0 aromatic carbocycles. The van der Waals surface area contributed by atoms with E-state index in [4.69, 9.17) is 16.0 Å². The van der Waals surface area contributed by atoms with Crippen molar-refractivity contribution in [2.75, 3.05) is 36.3 Å². The number of aromatic amines is 1. The number of carbonyl (C=O) groups excluding carboxylic acids is 1. The van der Waals surface area contributed by atoms with Gasteiger partial charge in [-0.25, -0.2) is 0 Å². The smallest absolute Gasteiger partial charge is 0.777 e. The first-order chi connectivity index (χ1) is 11.1. The van der Waals surface area contributed by atoms with E-state index in [2.05, 4.69) is 20.6 Å². The summed E-state index contributed by atoms with van der Waals surface area (Å²) in [7, 11) is -3.01. The van der Waals surface area contributed by atoms with Gasteiger partial charge in [0.05, 0.1) is 18.2 Å². The second kappa shape index (κ2) is 11.2. The maximum Gasteiger partial charge on any atom is 1.00 e. The molecular weight excluding hydrogens is 382 g/mol. The average molecular weight is 402 g/mol. The molecule has 1 rings (SSSR count). The molecule has 0 saturated heterocycles. The second-order valence-corrected chi connectivity index (χ2v) is 7.63. The number of nitrogens with two attached hydrogens (primary N) is 1. The van der Waals surface area contributed by atoms with E-state index >= 15 is 0 Å². The second-order valence-electron chi connectivity index (χ2n) is 4.92. The Bertz CT molecular complexity index is 600. The van der Waals surface area contributed by atoms with Gasteiger partial charge in [-0.2, -0.15) is 17.0 Å². The van der Waals surface area contributed by atoms with Crippen molar-refractivity contribution in [1.82, 2.24) is 25.5 Å². The summed E-state index contributed by atoms with van der Waals surface area (Å²) in [6.07, 6.45) is -0.617. The molecule has 2 atom stereocenters. The van der Waals surface area contributed by atoms with Crippen LogP contribution >= 0.6 is 19.4 Å². The van der Waals surface area contributed by atoms with Crippen LogP contribution in [0.3, 0.4) is 0 Å². The molecule has 0 fully saturated rings. The first-order valence-corrected chi connectivity index (χ1v) is 9.71. The van der Waals surface area contributed by atoms with Crippen molar-refractivity contribution in [3.63, 3.8) is 0 Å². The van der Waals surface area contributed by atoms with Gasteiger partial charge in [0.2, 0.25) is 5.91 Å². The van der Waals surface area contributed by atoms with Gasteiger partial charge in [0, 0.05) is 25.1 Å². The number of H-pyrrole nitrogens is 1. The molecule has 0 saturated carbocycles. The molecule has 0 spiro atoms. The van der Waals surface area contributed by atoms with Crippen LogP contribution in [0.1, 0.15) is 6.92 Å². The van der Waals surface area contributed by atoms with Crippen LogP contribution in [0.5, 0.6) is 0 Å². The fourth-order valence-corrected chi connectivity index (χ4v) is 3.36. The standard InChI is InChI=1S/C10H21N8O4PS.Na/c1-7(11)18(6-23(20,21)22)3-4-24-5-8(12)9(19)17(2)10-13-15-16-14-10;/h8,11H,3-6,12H2,1-2H3,(H2,20,21,22)(H,13,14,15,16);/q;+1/p-1. The normalized spacial score (nSPS) is 14.1. The van der Waals surface area contributed by atoms with E-state index in [1.54, 1.807) is 0 Å². The minimum absolute atomic E-state index is 0. The first-order valence-electron chi connectivity index (χ1n) is 6.79. The molecule has 0 aliphatic rings. The van der Waals surface area contributed by atoms with Crippen molar-refractivity contribution >= 4 is 37.0 Å². The number of amides is 1. The number of hydrogen-bond donors (Lipinski definition) is 4. The Balaban J connectivity index is 0.00000576. The van der Waals surface area contributed by atoms with Crippen LogP contribution in [-0.4, -0.2) is 79.6 Å². The molecule has 5 N–H and O–H groups in total. The number of anilines is 1. The Morgan fingerprint density at radius 1 is 1.60 bits per heavy atom. The fourth-order valence-electron chi connectivity index (χ4n) is 1.66. The first kappa shape index (κ1) is 24.5. The summed E-state index contributed by atoms with van der Waals surface area (Å²) in [6.45, 7) is 1.66. The summed E-state index contributed by atoms with van der Waals surface area (Å²) in [5.41, 5.74) is 5.81. The molecule has 0 aliphatic heterocycles. The van der Waals surface area contributed by atoms with Crippen LogP contribution in [0.4, 0.5) is 5.95 Å². The Morgan fingerprint density at radius 3 is 2.72 bits per heavy atom. The van der Waals surface area contributed by atoms with E-state index in [0.717, 1.165) is 0 Å². The SMILES string of the molecule is CC(=N)N(CCSCC(N)C(=O)N(C)c1nn[nH]n1)CP(=O)([O-])O.[Na+]. The summed E-state index contributed by atoms with van der Waals surface area (Å²) in [5, 5.41) is 20.4. The minimum Gasteiger partial charge on any atom is -0.777 e. The molecule has 15 heteroatoms. The topological polar surface area (TPSA) is 188 Å². The summed E-state index contributed by atoms with van der Waals surface area (Å²) >= 11 is 1.33. The van der Waals surface area contributed by atoms with E-state index in [0.29, 0.717) is 11.5 Å². The molecular formula is C10H20N8NaO4PS. The molecule has 25 heavy (non-hydrogen) atoms. The van der Waals surface area contributed by atoms with Crippen molar-refractivity contribution in [1.29, 1.82) is 5.41 Å². The van der Waals surface area contributed by atoms with Gasteiger partial charge in [0.25, 0.3) is 5.95 Å². The monoisotopic (exact) mass is 402 g/mol. The van der Waals surface area contributed by atoms with Gasteiger partial charge in [-0.05, 0) is 12.1 Å². The third-order valence-corrected chi connectivity index (χ3v) is 4.67. The van der Waals surface area contributed by atoms with Crippen LogP contribution in [0.2, 0.25) is 0 Å². The third-order valence-electron chi connectivity index (χ3n) is 2.91. The molecule has 1 amide bonds. The van der Waals surface area contributed by atoms with E-state index in [9.17, 15) is 14.3 Å². The molecule has 2 unspecified atom stereocenters. The van der Waals surface area contributed by atoms with Gasteiger partial charge < -0.3 is 25.0 Å². The summed E-state index contributed by atoms with van der Waals surface area (Å²) in [5.74, 6) is 0.477. The minimum atomic E-state index is -4.48. The van der Waals surface area contributed by atoms with Crippen molar-refractivity contribution in [3.8, 4) is 0 Å². The number of nitrogens with zero attached hydrogens (tertiary/aromatic N) is 5. The van der Waals surface area contributed by atoms with Crippen LogP contribution < -0.4 is 45.1 Å². The Kier molecular flexibility index (Phi) is 11.0. The number of tetrazole rings is 1. The van der Waals surface area contributed by atoms with Gasteiger partial charge in [-0.15, -0.1) is 5.10 Å². The zero-order valence-electron chi connectivity index (χ0n) is 14.2. The quantitative estimate of drug-likeness (QED) is 0.102. The number of likely N-dealkylation sites (N-methyl/N-ethyl adjacent to an activating group) is 1. The van der Waals surface area contributed by atoms with Crippen molar-refractivity contribution in [2.45, 2.75) is 13.0 Å². The predicted molar refractivity (Wildman–Crippen MR) is 87.7 cm³/mol. The van der Waals surface area contributed by atoms with Gasteiger partial charge >= 0.3 is 29.6 Å². The van der Waals surface area contributed by atoms with Gasteiger partial charge in [-0.3, -0.25) is 15.1 Å². The molecule has 0 aliphatic carbocycles. The fraction of sp³-hybridized carbons (Fsp3) is 0.700. The third kappa shape index (κ3) is 9.11. The predicted octanol–water partition coefficient (Wildman–Crippen LogP) is -4.97. The number of aromatic nitrogens is 4. The van der Waals surface area contributed by atoms with Gasteiger partial charge in [0.15, 0.2) is 7.60 Å². The van der Waals surface area contributed by atoms with Crippen LogP contribution in [0.25, 0.3) is 0 Å². The molecule has 1 heterocycles. The Labute approximate surface area is 171 Å². The summed E-state index contributed by atoms with van der Waals surface area (Å²) in [6, 6.07) is -0.795. The molecule has 1 aromatic rings.